The maximum absolute atomic E-state index is 12.8. The van der Waals surface area contributed by atoms with Gasteiger partial charge in [0.25, 0.3) is 0 Å². The average Bonchev–Trinajstić information content (AvgIpc) is 3.27. The second-order valence-electron chi connectivity index (χ2n) is 7.59. The van der Waals surface area contributed by atoms with Gasteiger partial charge in [-0.3, -0.25) is 4.79 Å². The van der Waals surface area contributed by atoms with Crippen LogP contribution in [0.1, 0.15) is 25.7 Å². The van der Waals surface area contributed by atoms with Crippen LogP contribution in [0.2, 0.25) is 10.0 Å². The first kappa shape index (κ1) is 18.5. The first-order valence-corrected chi connectivity index (χ1v) is 11.3. The van der Waals surface area contributed by atoms with Crippen LogP contribution in [0.5, 0.6) is 0 Å². The van der Waals surface area contributed by atoms with Crippen molar-refractivity contribution in [3.8, 4) is 0 Å². The van der Waals surface area contributed by atoms with Crippen molar-refractivity contribution in [2.24, 2.45) is 17.8 Å². The third kappa shape index (κ3) is 3.26. The lowest BCUT2D eigenvalue weighted by Gasteiger charge is -2.36. The zero-order valence-corrected chi connectivity index (χ0v) is 16.7. The van der Waals surface area contributed by atoms with Gasteiger partial charge in [-0.1, -0.05) is 29.6 Å². The van der Waals surface area contributed by atoms with Crippen LogP contribution >= 0.6 is 23.2 Å². The van der Waals surface area contributed by atoms with Crippen LogP contribution in [0.4, 0.5) is 0 Å². The van der Waals surface area contributed by atoms with Crippen molar-refractivity contribution >= 4 is 39.1 Å². The third-order valence-electron chi connectivity index (χ3n) is 6.13. The molecule has 0 aromatic heterocycles. The van der Waals surface area contributed by atoms with E-state index in [0.717, 1.165) is 12.3 Å². The highest BCUT2D eigenvalue weighted by Gasteiger charge is 2.45. The van der Waals surface area contributed by atoms with Gasteiger partial charge in [-0.25, -0.2) is 8.42 Å². The summed E-state index contributed by atoms with van der Waals surface area (Å²) in [6.07, 6.45) is 4.66. The topological polar surface area (TPSA) is 57.7 Å². The highest BCUT2D eigenvalue weighted by Crippen LogP contribution is 2.49. The summed E-state index contributed by atoms with van der Waals surface area (Å²) in [7, 11) is -3.63. The maximum Gasteiger partial charge on any atom is 0.243 e. The maximum atomic E-state index is 12.8. The summed E-state index contributed by atoms with van der Waals surface area (Å²) in [6.45, 7) is 1.53. The van der Waals surface area contributed by atoms with Gasteiger partial charge in [0.15, 0.2) is 0 Å². The Balaban J connectivity index is 1.41. The number of hydrogen-bond acceptors (Lipinski definition) is 3. The SMILES string of the molecule is O=C([C@@H]1C[C@H]2CC[C@H]1C2)N1CCN(S(=O)(=O)c2ccc(Cl)c(Cl)c2)CC1. The molecule has 1 heterocycles. The molecule has 142 valence electrons. The van der Waals surface area contributed by atoms with Gasteiger partial charge in [0.1, 0.15) is 0 Å². The monoisotopic (exact) mass is 416 g/mol. The van der Waals surface area contributed by atoms with Crippen LogP contribution < -0.4 is 0 Å². The molecule has 1 aromatic rings. The summed E-state index contributed by atoms with van der Waals surface area (Å²) in [6, 6.07) is 4.34. The first-order chi connectivity index (χ1) is 12.4. The molecule has 1 aliphatic heterocycles. The van der Waals surface area contributed by atoms with E-state index in [0.29, 0.717) is 37.1 Å². The van der Waals surface area contributed by atoms with Crippen molar-refractivity contribution < 1.29 is 13.2 Å². The molecule has 3 aliphatic rings. The summed E-state index contributed by atoms with van der Waals surface area (Å²) < 4.78 is 27.0. The van der Waals surface area contributed by atoms with Gasteiger partial charge in [0.2, 0.25) is 15.9 Å². The predicted octanol–water partition coefficient (Wildman–Crippen LogP) is 3.26. The number of carbonyl (C=O) groups is 1. The van der Waals surface area contributed by atoms with Crippen molar-refractivity contribution in [3.05, 3.63) is 28.2 Å². The number of piperazine rings is 1. The van der Waals surface area contributed by atoms with E-state index in [1.165, 1.54) is 41.8 Å². The Bertz CT molecular complexity index is 822. The molecule has 2 aliphatic carbocycles. The molecular formula is C18H22Cl2N2O3S. The number of rotatable bonds is 3. The predicted molar refractivity (Wildman–Crippen MR) is 101 cm³/mol. The number of fused-ring (bicyclic) bond motifs is 2. The summed E-state index contributed by atoms with van der Waals surface area (Å²) in [5.74, 6) is 1.66. The highest BCUT2D eigenvalue weighted by atomic mass is 35.5. The molecule has 2 bridgehead atoms. The number of sulfonamides is 1. The Kier molecular flexibility index (Phi) is 4.97. The van der Waals surface area contributed by atoms with Crippen molar-refractivity contribution in [2.45, 2.75) is 30.6 Å². The van der Waals surface area contributed by atoms with Gasteiger partial charge in [-0.2, -0.15) is 4.31 Å². The second kappa shape index (κ2) is 6.97. The molecule has 0 unspecified atom stereocenters. The van der Waals surface area contributed by atoms with Gasteiger partial charge < -0.3 is 4.90 Å². The summed E-state index contributed by atoms with van der Waals surface area (Å²) in [5.41, 5.74) is 0. The summed E-state index contributed by atoms with van der Waals surface area (Å²) >= 11 is 11.8. The third-order valence-corrected chi connectivity index (χ3v) is 8.77. The van der Waals surface area contributed by atoms with Crippen molar-refractivity contribution in [1.29, 1.82) is 0 Å². The van der Waals surface area contributed by atoms with E-state index < -0.39 is 10.0 Å². The molecule has 3 fully saturated rings. The van der Waals surface area contributed by atoms with E-state index in [1.807, 2.05) is 4.90 Å². The van der Waals surface area contributed by atoms with Gasteiger partial charge >= 0.3 is 0 Å². The second-order valence-corrected chi connectivity index (χ2v) is 10.3. The number of halogens is 2. The lowest BCUT2D eigenvalue weighted by Crippen LogP contribution is -2.52. The molecule has 3 atom stereocenters. The zero-order valence-electron chi connectivity index (χ0n) is 14.4. The minimum atomic E-state index is -3.63. The number of hydrogen-bond donors (Lipinski definition) is 0. The molecule has 4 rings (SSSR count). The highest BCUT2D eigenvalue weighted by molar-refractivity contribution is 7.89. The molecule has 0 radical (unpaired) electrons. The minimum absolute atomic E-state index is 0.139. The number of amides is 1. The van der Waals surface area contributed by atoms with Gasteiger partial charge in [0.05, 0.1) is 14.9 Å². The Morgan fingerprint density at radius 2 is 1.73 bits per heavy atom. The first-order valence-electron chi connectivity index (χ1n) is 9.10. The van der Waals surface area contributed by atoms with Crippen LogP contribution in [-0.2, 0) is 14.8 Å². The van der Waals surface area contributed by atoms with E-state index in [2.05, 4.69) is 0 Å². The Hall–Kier alpha value is -0.820. The van der Waals surface area contributed by atoms with E-state index in [9.17, 15) is 13.2 Å². The minimum Gasteiger partial charge on any atom is -0.340 e. The van der Waals surface area contributed by atoms with Crippen LogP contribution in [0.15, 0.2) is 23.1 Å². The zero-order chi connectivity index (χ0) is 18.5. The Labute approximate surface area is 164 Å². The van der Waals surface area contributed by atoms with E-state index >= 15 is 0 Å². The standard InChI is InChI=1S/C18H22Cl2N2O3S/c19-16-4-3-14(11-17(16)20)26(24,25)22-7-5-21(6-8-22)18(23)15-10-12-1-2-13(15)9-12/h3-4,11-13,15H,1-2,5-10H2/t12-,13-,15+/m0/s1. The normalized spacial score (nSPS) is 29.3. The average molecular weight is 417 g/mol. The Morgan fingerprint density at radius 1 is 1.00 bits per heavy atom. The number of carbonyl (C=O) groups excluding carboxylic acids is 1. The van der Waals surface area contributed by atoms with Crippen LogP contribution in [0.3, 0.4) is 0 Å². The molecule has 5 nitrogen and oxygen atoms in total. The molecule has 0 spiro atoms. The van der Waals surface area contributed by atoms with Gasteiger partial charge in [0, 0.05) is 32.1 Å². The fourth-order valence-corrected chi connectivity index (χ4v) is 6.53. The van der Waals surface area contributed by atoms with E-state index in [4.69, 9.17) is 23.2 Å². The van der Waals surface area contributed by atoms with Crippen LogP contribution in [0.25, 0.3) is 0 Å². The largest absolute Gasteiger partial charge is 0.340 e. The summed E-state index contributed by atoms with van der Waals surface area (Å²) in [5, 5.41) is 0.546. The molecule has 1 amide bonds. The lowest BCUT2D eigenvalue weighted by atomic mass is 9.87. The molecule has 2 saturated carbocycles. The molecule has 1 aromatic carbocycles. The lowest BCUT2D eigenvalue weighted by molar-refractivity contribution is -0.138. The Morgan fingerprint density at radius 3 is 2.31 bits per heavy atom. The van der Waals surface area contributed by atoms with Crippen molar-refractivity contribution in [3.63, 3.8) is 0 Å². The number of benzene rings is 1. The molecule has 1 saturated heterocycles. The van der Waals surface area contributed by atoms with Crippen molar-refractivity contribution in [2.75, 3.05) is 26.2 Å². The fourth-order valence-electron chi connectivity index (χ4n) is 4.72. The van der Waals surface area contributed by atoms with Gasteiger partial charge in [-0.05, 0) is 49.3 Å². The fraction of sp³-hybridized carbons (Fsp3) is 0.611. The molecule has 26 heavy (non-hydrogen) atoms. The molecular weight excluding hydrogens is 395 g/mol. The van der Waals surface area contributed by atoms with E-state index in [1.54, 1.807) is 0 Å². The quantitative estimate of drug-likeness (QED) is 0.759. The van der Waals surface area contributed by atoms with Crippen LogP contribution in [0, 0.1) is 17.8 Å². The smallest absolute Gasteiger partial charge is 0.243 e. The molecule has 0 N–H and O–H groups in total. The van der Waals surface area contributed by atoms with Crippen LogP contribution in [-0.4, -0.2) is 49.7 Å². The van der Waals surface area contributed by atoms with E-state index in [-0.39, 0.29) is 21.7 Å². The summed E-state index contributed by atoms with van der Waals surface area (Å²) in [4.78, 5) is 14.8. The number of nitrogens with zero attached hydrogens (tertiary/aromatic N) is 2. The van der Waals surface area contributed by atoms with Gasteiger partial charge in [-0.15, -0.1) is 0 Å². The molecule has 8 heteroatoms. The van der Waals surface area contributed by atoms with Crippen molar-refractivity contribution in [1.82, 2.24) is 9.21 Å².